The zero-order valence-electron chi connectivity index (χ0n) is 13.2. The van der Waals surface area contributed by atoms with E-state index in [9.17, 15) is 9.90 Å². The van der Waals surface area contributed by atoms with Gasteiger partial charge in [0.15, 0.2) is 5.82 Å². The van der Waals surface area contributed by atoms with Crippen molar-refractivity contribution in [1.29, 1.82) is 0 Å². The van der Waals surface area contributed by atoms with Crippen molar-refractivity contribution in [3.8, 4) is 5.82 Å². The van der Waals surface area contributed by atoms with Crippen LogP contribution in [-0.4, -0.2) is 36.9 Å². The standard InChI is InChI=1S/C15H21N5O2/c1-9(2)5-12(15(21)22)17-13-7-16-8-14(18-13)20-11(4)6-10(3)19-20/h6-9,12H,5H2,1-4H3,(H,17,18)(H,21,22)/t12-/m0/s1. The summed E-state index contributed by atoms with van der Waals surface area (Å²) in [6, 6.07) is 1.26. The van der Waals surface area contributed by atoms with Crippen molar-refractivity contribution < 1.29 is 9.90 Å². The highest BCUT2D eigenvalue weighted by molar-refractivity contribution is 5.76. The minimum absolute atomic E-state index is 0.265. The van der Waals surface area contributed by atoms with Crippen LogP contribution >= 0.6 is 0 Å². The van der Waals surface area contributed by atoms with Crippen LogP contribution in [0.4, 0.5) is 5.82 Å². The molecule has 0 aliphatic rings. The number of rotatable bonds is 6. The number of aryl methyl sites for hydroxylation is 2. The van der Waals surface area contributed by atoms with E-state index in [1.807, 2.05) is 33.8 Å². The molecule has 0 unspecified atom stereocenters. The average Bonchev–Trinajstić information content (AvgIpc) is 2.77. The van der Waals surface area contributed by atoms with Gasteiger partial charge in [-0.25, -0.2) is 14.5 Å². The van der Waals surface area contributed by atoms with Crippen LogP contribution < -0.4 is 5.32 Å². The normalized spacial score (nSPS) is 12.4. The molecule has 0 aliphatic carbocycles. The molecule has 7 heteroatoms. The number of aromatic nitrogens is 4. The van der Waals surface area contributed by atoms with Gasteiger partial charge in [0.1, 0.15) is 11.9 Å². The Labute approximate surface area is 129 Å². The van der Waals surface area contributed by atoms with Gasteiger partial charge in [-0.1, -0.05) is 13.8 Å². The molecule has 0 saturated heterocycles. The van der Waals surface area contributed by atoms with Crippen LogP contribution in [0.3, 0.4) is 0 Å². The van der Waals surface area contributed by atoms with Gasteiger partial charge < -0.3 is 10.4 Å². The second-order valence-corrected chi connectivity index (χ2v) is 5.77. The van der Waals surface area contributed by atoms with E-state index in [0.717, 1.165) is 11.4 Å². The average molecular weight is 303 g/mol. The SMILES string of the molecule is Cc1cc(C)n(-c2cncc(N[C@@H](CC(C)C)C(=O)O)n2)n1. The van der Waals surface area contributed by atoms with E-state index in [1.165, 1.54) is 6.20 Å². The number of hydrogen-bond donors (Lipinski definition) is 2. The lowest BCUT2D eigenvalue weighted by Crippen LogP contribution is -2.31. The number of aliphatic carboxylic acids is 1. The van der Waals surface area contributed by atoms with Crippen molar-refractivity contribution in [2.24, 2.45) is 5.92 Å². The highest BCUT2D eigenvalue weighted by atomic mass is 16.4. The van der Waals surface area contributed by atoms with Gasteiger partial charge in [-0.2, -0.15) is 5.10 Å². The molecule has 0 amide bonds. The molecule has 0 aliphatic heterocycles. The van der Waals surface area contributed by atoms with Crippen molar-refractivity contribution in [2.45, 2.75) is 40.2 Å². The van der Waals surface area contributed by atoms with E-state index in [-0.39, 0.29) is 5.92 Å². The van der Waals surface area contributed by atoms with Crippen molar-refractivity contribution in [3.63, 3.8) is 0 Å². The van der Waals surface area contributed by atoms with Crippen LogP contribution in [-0.2, 0) is 4.79 Å². The number of carboxylic acids is 1. The van der Waals surface area contributed by atoms with Crippen LogP contribution in [0.15, 0.2) is 18.5 Å². The van der Waals surface area contributed by atoms with Gasteiger partial charge in [0.25, 0.3) is 0 Å². The third kappa shape index (κ3) is 3.81. The third-order valence-corrected chi connectivity index (χ3v) is 3.18. The van der Waals surface area contributed by atoms with E-state index in [1.54, 1.807) is 10.9 Å². The van der Waals surface area contributed by atoms with Crippen LogP contribution in [0, 0.1) is 19.8 Å². The maximum absolute atomic E-state index is 11.3. The van der Waals surface area contributed by atoms with Gasteiger partial charge in [0, 0.05) is 5.69 Å². The molecule has 0 saturated carbocycles. The second kappa shape index (κ2) is 6.55. The Kier molecular flexibility index (Phi) is 4.75. The lowest BCUT2D eigenvalue weighted by Gasteiger charge is -2.17. The van der Waals surface area contributed by atoms with Crippen LogP contribution in [0.1, 0.15) is 31.7 Å². The molecular weight excluding hydrogens is 282 g/mol. The molecule has 2 aromatic heterocycles. The van der Waals surface area contributed by atoms with Gasteiger partial charge in [-0.05, 0) is 32.3 Å². The summed E-state index contributed by atoms with van der Waals surface area (Å²) in [5.41, 5.74) is 1.83. The molecule has 7 nitrogen and oxygen atoms in total. The second-order valence-electron chi connectivity index (χ2n) is 5.77. The largest absolute Gasteiger partial charge is 0.480 e. The highest BCUT2D eigenvalue weighted by Crippen LogP contribution is 2.14. The lowest BCUT2D eigenvalue weighted by molar-refractivity contribution is -0.138. The van der Waals surface area contributed by atoms with Gasteiger partial charge in [-0.3, -0.25) is 4.98 Å². The molecule has 2 aromatic rings. The lowest BCUT2D eigenvalue weighted by atomic mass is 10.0. The van der Waals surface area contributed by atoms with Crippen molar-refractivity contribution in [1.82, 2.24) is 19.7 Å². The van der Waals surface area contributed by atoms with Crippen LogP contribution in [0.5, 0.6) is 0 Å². The van der Waals surface area contributed by atoms with E-state index < -0.39 is 12.0 Å². The number of hydrogen-bond acceptors (Lipinski definition) is 5. The maximum atomic E-state index is 11.3. The van der Waals surface area contributed by atoms with Gasteiger partial charge in [0.05, 0.1) is 18.1 Å². The fourth-order valence-electron chi connectivity index (χ4n) is 2.26. The minimum atomic E-state index is -0.896. The predicted molar refractivity (Wildman–Crippen MR) is 83.1 cm³/mol. The van der Waals surface area contributed by atoms with E-state index in [4.69, 9.17) is 0 Å². The fourth-order valence-corrected chi connectivity index (χ4v) is 2.26. The minimum Gasteiger partial charge on any atom is -0.480 e. The smallest absolute Gasteiger partial charge is 0.326 e. The quantitative estimate of drug-likeness (QED) is 0.849. The summed E-state index contributed by atoms with van der Waals surface area (Å²) < 4.78 is 1.69. The third-order valence-electron chi connectivity index (χ3n) is 3.18. The number of carboxylic acid groups (broad SMARTS) is 1. The first-order valence-electron chi connectivity index (χ1n) is 7.22. The van der Waals surface area contributed by atoms with Crippen molar-refractivity contribution in [3.05, 3.63) is 29.8 Å². The van der Waals surface area contributed by atoms with E-state index in [0.29, 0.717) is 18.1 Å². The summed E-state index contributed by atoms with van der Waals surface area (Å²) in [5, 5.41) is 16.6. The summed E-state index contributed by atoms with van der Waals surface area (Å²) >= 11 is 0. The zero-order chi connectivity index (χ0) is 16.3. The summed E-state index contributed by atoms with van der Waals surface area (Å²) in [4.78, 5) is 19.9. The first kappa shape index (κ1) is 15.9. The molecule has 0 spiro atoms. The summed E-state index contributed by atoms with van der Waals surface area (Å²) in [6.07, 6.45) is 3.63. The molecular formula is C15H21N5O2. The molecule has 2 N–H and O–H groups in total. The molecule has 118 valence electrons. The van der Waals surface area contributed by atoms with Gasteiger partial charge in [0.2, 0.25) is 0 Å². The summed E-state index contributed by atoms with van der Waals surface area (Å²) in [6.45, 7) is 7.80. The zero-order valence-corrected chi connectivity index (χ0v) is 13.2. The Hall–Kier alpha value is -2.44. The van der Waals surface area contributed by atoms with Crippen molar-refractivity contribution in [2.75, 3.05) is 5.32 Å². The Balaban J connectivity index is 2.24. The topological polar surface area (TPSA) is 92.9 Å². The molecule has 22 heavy (non-hydrogen) atoms. The Morgan fingerprint density at radius 3 is 2.64 bits per heavy atom. The number of anilines is 1. The maximum Gasteiger partial charge on any atom is 0.326 e. The van der Waals surface area contributed by atoms with Crippen molar-refractivity contribution >= 4 is 11.8 Å². The molecule has 1 atom stereocenters. The summed E-state index contributed by atoms with van der Waals surface area (Å²) in [7, 11) is 0. The first-order valence-corrected chi connectivity index (χ1v) is 7.22. The Morgan fingerprint density at radius 2 is 2.09 bits per heavy atom. The molecule has 0 fully saturated rings. The van der Waals surface area contributed by atoms with E-state index in [2.05, 4.69) is 20.4 Å². The fraction of sp³-hybridized carbons (Fsp3) is 0.467. The van der Waals surface area contributed by atoms with E-state index >= 15 is 0 Å². The molecule has 0 bridgehead atoms. The Morgan fingerprint density at radius 1 is 1.36 bits per heavy atom. The number of carbonyl (C=O) groups is 1. The monoisotopic (exact) mass is 303 g/mol. The molecule has 0 radical (unpaired) electrons. The summed E-state index contributed by atoms with van der Waals surface area (Å²) in [5.74, 6) is 0.357. The number of nitrogens with zero attached hydrogens (tertiary/aromatic N) is 4. The van der Waals surface area contributed by atoms with Crippen LogP contribution in [0.2, 0.25) is 0 Å². The number of nitrogens with one attached hydrogen (secondary N) is 1. The molecule has 2 heterocycles. The Bertz CT molecular complexity index is 666. The van der Waals surface area contributed by atoms with Gasteiger partial charge >= 0.3 is 5.97 Å². The molecule has 2 rings (SSSR count). The van der Waals surface area contributed by atoms with Crippen LogP contribution in [0.25, 0.3) is 5.82 Å². The van der Waals surface area contributed by atoms with Gasteiger partial charge in [-0.15, -0.1) is 0 Å². The predicted octanol–water partition coefficient (Wildman–Crippen LogP) is 2.19. The molecule has 0 aromatic carbocycles. The first-order chi connectivity index (χ1) is 10.4. The highest BCUT2D eigenvalue weighted by Gasteiger charge is 2.19.